The SMILES string of the molecule is CCCCCCCCOP(=O)(OCCCCCCCC)OC[C@H]1O[C@@H](n2ccc(N)nc2=O)[C@@H](O)[C@@H]1O. The summed E-state index contributed by atoms with van der Waals surface area (Å²) in [4.78, 5) is 15.8. The highest BCUT2D eigenvalue weighted by molar-refractivity contribution is 7.48. The fourth-order valence-electron chi connectivity index (χ4n) is 4.11. The van der Waals surface area contributed by atoms with Gasteiger partial charge in [0.25, 0.3) is 0 Å². The predicted octanol–water partition coefficient (Wildman–Crippen LogP) is 4.32. The van der Waals surface area contributed by atoms with Gasteiger partial charge >= 0.3 is 13.5 Å². The number of nitrogens with zero attached hydrogens (tertiary/aromatic N) is 2. The topological polar surface area (TPSA) is 155 Å². The first-order valence-electron chi connectivity index (χ1n) is 13.7. The number of nitrogen functional groups attached to an aromatic ring is 1. The van der Waals surface area contributed by atoms with E-state index >= 15 is 0 Å². The van der Waals surface area contributed by atoms with Crippen LogP contribution >= 0.6 is 7.82 Å². The second-order valence-electron chi connectivity index (χ2n) is 9.53. The Morgan fingerprint density at radius 1 is 0.919 bits per heavy atom. The third-order valence-corrected chi connectivity index (χ3v) is 7.82. The van der Waals surface area contributed by atoms with Gasteiger partial charge in [0.1, 0.15) is 24.1 Å². The van der Waals surface area contributed by atoms with Crippen molar-refractivity contribution in [3.05, 3.63) is 22.7 Å². The first-order valence-corrected chi connectivity index (χ1v) is 15.2. The van der Waals surface area contributed by atoms with Crippen molar-refractivity contribution in [1.82, 2.24) is 9.55 Å². The van der Waals surface area contributed by atoms with Gasteiger partial charge in [-0.3, -0.25) is 18.1 Å². The maximum Gasteiger partial charge on any atom is 0.474 e. The van der Waals surface area contributed by atoms with Crippen LogP contribution in [0.4, 0.5) is 5.82 Å². The van der Waals surface area contributed by atoms with Gasteiger partial charge < -0.3 is 20.7 Å². The Balaban J connectivity index is 1.91. The molecule has 37 heavy (non-hydrogen) atoms. The molecule has 1 aliphatic rings. The molecular formula is C25H46N3O8P. The summed E-state index contributed by atoms with van der Waals surface area (Å²) < 4.78 is 36.7. The Kier molecular flexibility index (Phi) is 14.9. The van der Waals surface area contributed by atoms with Crippen molar-refractivity contribution in [2.75, 3.05) is 25.6 Å². The molecule has 1 aliphatic heterocycles. The summed E-state index contributed by atoms with van der Waals surface area (Å²) in [5, 5.41) is 20.9. The summed E-state index contributed by atoms with van der Waals surface area (Å²) in [6.45, 7) is 4.43. The highest BCUT2D eigenvalue weighted by Crippen LogP contribution is 2.50. The lowest BCUT2D eigenvalue weighted by Crippen LogP contribution is -2.36. The maximum atomic E-state index is 13.3. The predicted molar refractivity (Wildman–Crippen MR) is 141 cm³/mol. The van der Waals surface area contributed by atoms with E-state index in [1.54, 1.807) is 0 Å². The zero-order chi connectivity index (χ0) is 27.1. The Hall–Kier alpha value is -1.33. The quantitative estimate of drug-likeness (QED) is 0.159. The van der Waals surface area contributed by atoms with Gasteiger partial charge in [-0.2, -0.15) is 4.98 Å². The van der Waals surface area contributed by atoms with Crippen LogP contribution in [0.1, 0.15) is 97.1 Å². The molecule has 11 nitrogen and oxygen atoms in total. The molecule has 4 N–H and O–H groups in total. The van der Waals surface area contributed by atoms with E-state index in [4.69, 9.17) is 24.0 Å². The third-order valence-electron chi connectivity index (χ3n) is 6.35. The standard InChI is InChI=1S/C25H46N3O8P/c1-3-5-7-9-11-13-17-33-37(32,34-18-14-12-10-8-6-4-2)35-19-20-22(29)23(30)24(36-20)28-16-15-21(26)27-25(28)31/h15-16,20,22-24,29-30H,3-14,17-19H2,1-2H3,(H2,26,27,31)/t20-,22-,23+,24-/m1/s1. The molecule has 1 aromatic heterocycles. The number of unbranched alkanes of at least 4 members (excludes halogenated alkanes) is 10. The molecule has 214 valence electrons. The van der Waals surface area contributed by atoms with Crippen LogP contribution in [0.2, 0.25) is 0 Å². The Morgan fingerprint density at radius 2 is 1.46 bits per heavy atom. The van der Waals surface area contributed by atoms with Gasteiger partial charge in [-0.25, -0.2) is 9.36 Å². The lowest BCUT2D eigenvalue weighted by Gasteiger charge is -2.21. The Bertz CT molecular complexity index is 849. The second-order valence-corrected chi connectivity index (χ2v) is 11.2. The molecule has 0 saturated carbocycles. The van der Waals surface area contributed by atoms with Crippen molar-refractivity contribution >= 4 is 13.6 Å². The summed E-state index contributed by atoms with van der Waals surface area (Å²) in [6, 6.07) is 1.38. The molecule has 4 atom stereocenters. The molecule has 0 aromatic carbocycles. The average molecular weight is 548 g/mol. The van der Waals surface area contributed by atoms with Crippen LogP contribution in [0.3, 0.4) is 0 Å². The van der Waals surface area contributed by atoms with Gasteiger partial charge in [-0.05, 0) is 18.9 Å². The van der Waals surface area contributed by atoms with Gasteiger partial charge in [0.2, 0.25) is 0 Å². The van der Waals surface area contributed by atoms with Crippen molar-refractivity contribution in [3.8, 4) is 0 Å². The highest BCUT2D eigenvalue weighted by atomic mass is 31.2. The Labute approximate surface area is 220 Å². The maximum absolute atomic E-state index is 13.3. The number of ether oxygens (including phenoxy) is 1. The molecule has 12 heteroatoms. The molecule has 0 unspecified atom stereocenters. The van der Waals surface area contributed by atoms with Crippen molar-refractivity contribution < 1.29 is 33.1 Å². The van der Waals surface area contributed by atoms with Gasteiger partial charge in [-0.15, -0.1) is 0 Å². The molecule has 2 rings (SSSR count). The van der Waals surface area contributed by atoms with E-state index in [2.05, 4.69) is 18.8 Å². The number of rotatable bonds is 20. The van der Waals surface area contributed by atoms with Crippen molar-refractivity contribution in [2.24, 2.45) is 0 Å². The summed E-state index contributed by atoms with van der Waals surface area (Å²) in [7, 11) is -3.92. The molecule has 0 radical (unpaired) electrons. The molecule has 1 saturated heterocycles. The number of nitrogens with two attached hydrogens (primary N) is 1. The number of aliphatic hydroxyl groups excluding tert-OH is 2. The van der Waals surface area contributed by atoms with Crippen LogP contribution in [0.15, 0.2) is 17.1 Å². The van der Waals surface area contributed by atoms with E-state index in [0.717, 1.165) is 55.9 Å². The number of aliphatic hydroxyl groups is 2. The fourth-order valence-corrected chi connectivity index (χ4v) is 5.37. The molecule has 0 spiro atoms. The molecular weight excluding hydrogens is 501 g/mol. The lowest BCUT2D eigenvalue weighted by atomic mass is 10.1. The van der Waals surface area contributed by atoms with E-state index in [1.807, 2.05) is 0 Å². The van der Waals surface area contributed by atoms with E-state index in [-0.39, 0.29) is 25.6 Å². The van der Waals surface area contributed by atoms with Crippen molar-refractivity contribution in [3.63, 3.8) is 0 Å². The normalized spacial score (nSPS) is 22.1. The van der Waals surface area contributed by atoms with E-state index < -0.39 is 38.1 Å². The van der Waals surface area contributed by atoms with E-state index in [0.29, 0.717) is 0 Å². The zero-order valence-electron chi connectivity index (χ0n) is 22.3. The van der Waals surface area contributed by atoms with Crippen LogP contribution in [-0.2, 0) is 22.9 Å². The van der Waals surface area contributed by atoms with Gasteiger partial charge in [0, 0.05) is 6.20 Å². The summed E-state index contributed by atoms with van der Waals surface area (Å²) in [6.07, 6.45) is 8.84. The lowest BCUT2D eigenvalue weighted by molar-refractivity contribution is -0.0563. The monoisotopic (exact) mass is 547 g/mol. The minimum atomic E-state index is -3.92. The fraction of sp³-hybridized carbons (Fsp3) is 0.840. The van der Waals surface area contributed by atoms with Crippen LogP contribution in [0.5, 0.6) is 0 Å². The van der Waals surface area contributed by atoms with Crippen LogP contribution < -0.4 is 11.4 Å². The smallest absolute Gasteiger partial charge is 0.387 e. The molecule has 0 aliphatic carbocycles. The number of phosphoric acid groups is 1. The number of hydrogen-bond donors (Lipinski definition) is 3. The molecule has 1 aromatic rings. The van der Waals surface area contributed by atoms with E-state index in [9.17, 15) is 19.6 Å². The van der Waals surface area contributed by atoms with Gasteiger partial charge in [-0.1, -0.05) is 78.1 Å². The zero-order valence-corrected chi connectivity index (χ0v) is 23.2. The first kappa shape index (κ1) is 31.9. The highest BCUT2D eigenvalue weighted by Gasteiger charge is 2.45. The first-order chi connectivity index (χ1) is 17.8. The van der Waals surface area contributed by atoms with E-state index in [1.165, 1.54) is 37.9 Å². The summed E-state index contributed by atoms with van der Waals surface area (Å²) >= 11 is 0. The average Bonchev–Trinajstić information content (AvgIpc) is 3.15. The summed E-state index contributed by atoms with van der Waals surface area (Å²) in [5.41, 5.74) is 4.79. The number of hydrogen-bond acceptors (Lipinski definition) is 10. The number of aromatic nitrogens is 2. The largest absolute Gasteiger partial charge is 0.474 e. The van der Waals surface area contributed by atoms with Crippen molar-refractivity contribution in [1.29, 1.82) is 0 Å². The number of anilines is 1. The third kappa shape index (κ3) is 11.1. The molecule has 1 fully saturated rings. The number of phosphoric ester groups is 1. The second kappa shape index (κ2) is 17.3. The van der Waals surface area contributed by atoms with Crippen LogP contribution in [-0.4, -0.2) is 57.9 Å². The van der Waals surface area contributed by atoms with Crippen molar-refractivity contribution in [2.45, 2.75) is 115 Å². The Morgan fingerprint density at radius 3 is 2.00 bits per heavy atom. The minimum absolute atomic E-state index is 0.0279. The minimum Gasteiger partial charge on any atom is -0.387 e. The molecule has 0 bridgehead atoms. The van der Waals surface area contributed by atoms with Gasteiger partial charge in [0.15, 0.2) is 6.23 Å². The van der Waals surface area contributed by atoms with Gasteiger partial charge in [0.05, 0.1) is 19.8 Å². The molecule has 2 heterocycles. The summed E-state index contributed by atoms with van der Waals surface area (Å²) in [5.74, 6) is 0.0279. The van der Waals surface area contributed by atoms with Crippen LogP contribution in [0.25, 0.3) is 0 Å². The van der Waals surface area contributed by atoms with Crippen LogP contribution in [0, 0.1) is 0 Å². The molecule has 0 amide bonds.